The molecule has 0 aromatic heterocycles. The van der Waals surface area contributed by atoms with Crippen LogP contribution in [0.5, 0.6) is 11.5 Å². The van der Waals surface area contributed by atoms with Crippen LogP contribution in [0.2, 0.25) is 10.0 Å². The number of hydrogen-bond acceptors (Lipinski definition) is 3. The van der Waals surface area contributed by atoms with Gasteiger partial charge in [-0.05, 0) is 48.7 Å². The second-order valence-electron chi connectivity index (χ2n) is 5.65. The topological polar surface area (TPSA) is 47.6 Å². The van der Waals surface area contributed by atoms with Gasteiger partial charge in [-0.2, -0.15) is 0 Å². The zero-order valence-corrected chi connectivity index (χ0v) is 15.9. The Hall–Kier alpha value is -1.91. The van der Waals surface area contributed by atoms with Gasteiger partial charge in [-0.1, -0.05) is 35.3 Å². The van der Waals surface area contributed by atoms with Crippen molar-refractivity contribution in [2.75, 3.05) is 14.2 Å². The fourth-order valence-corrected chi connectivity index (χ4v) is 2.78. The van der Waals surface area contributed by atoms with Crippen LogP contribution in [-0.2, 0) is 11.2 Å². The highest BCUT2D eigenvalue weighted by Crippen LogP contribution is 2.28. The molecule has 1 unspecified atom stereocenters. The number of halogens is 2. The molecule has 2 aromatic carbocycles. The van der Waals surface area contributed by atoms with Crippen molar-refractivity contribution >= 4 is 29.1 Å². The summed E-state index contributed by atoms with van der Waals surface area (Å²) in [6.07, 6.45) is 0.988. The molecule has 0 aliphatic carbocycles. The Morgan fingerprint density at radius 1 is 1.04 bits per heavy atom. The van der Waals surface area contributed by atoms with Gasteiger partial charge in [0.25, 0.3) is 0 Å². The minimum Gasteiger partial charge on any atom is -0.493 e. The molecule has 0 spiro atoms. The Balaban J connectivity index is 1.93. The highest BCUT2D eigenvalue weighted by Gasteiger charge is 2.12. The van der Waals surface area contributed by atoms with Crippen molar-refractivity contribution in [3.63, 3.8) is 0 Å². The first kappa shape index (κ1) is 19.4. The van der Waals surface area contributed by atoms with Gasteiger partial charge in [-0.3, -0.25) is 4.79 Å². The first-order valence-corrected chi connectivity index (χ1v) is 8.65. The molecule has 4 nitrogen and oxygen atoms in total. The Morgan fingerprint density at radius 3 is 2.40 bits per heavy atom. The number of hydrogen-bond donors (Lipinski definition) is 1. The number of methoxy groups -OCH3 is 2. The minimum atomic E-state index is -0.146. The molecule has 0 aliphatic heterocycles. The summed E-state index contributed by atoms with van der Waals surface area (Å²) >= 11 is 11.9. The monoisotopic (exact) mass is 381 g/mol. The van der Waals surface area contributed by atoms with Crippen molar-refractivity contribution in [3.05, 3.63) is 57.6 Å². The highest BCUT2D eigenvalue weighted by molar-refractivity contribution is 6.42. The molecule has 0 saturated heterocycles. The van der Waals surface area contributed by atoms with E-state index in [-0.39, 0.29) is 11.9 Å². The maximum atomic E-state index is 12.2. The Kier molecular flexibility index (Phi) is 6.97. The molecule has 134 valence electrons. The van der Waals surface area contributed by atoms with Crippen LogP contribution in [-0.4, -0.2) is 20.1 Å². The zero-order valence-electron chi connectivity index (χ0n) is 14.4. The highest BCUT2D eigenvalue weighted by atomic mass is 35.5. The molecule has 0 radical (unpaired) electrons. The smallest absolute Gasteiger partial charge is 0.220 e. The van der Waals surface area contributed by atoms with Crippen LogP contribution in [0.25, 0.3) is 0 Å². The van der Waals surface area contributed by atoms with E-state index >= 15 is 0 Å². The van der Waals surface area contributed by atoms with Crippen molar-refractivity contribution in [2.45, 2.75) is 25.8 Å². The first-order valence-electron chi connectivity index (χ1n) is 7.89. The number of amides is 1. The van der Waals surface area contributed by atoms with Crippen LogP contribution in [0.4, 0.5) is 0 Å². The fraction of sp³-hybridized carbons (Fsp3) is 0.316. The number of carbonyl (C=O) groups excluding carboxylic acids is 1. The normalized spacial score (nSPS) is 11.7. The quantitative estimate of drug-likeness (QED) is 0.747. The third-order valence-corrected chi connectivity index (χ3v) is 4.65. The Labute approximate surface area is 158 Å². The third kappa shape index (κ3) is 5.28. The van der Waals surface area contributed by atoms with Crippen molar-refractivity contribution in [3.8, 4) is 11.5 Å². The molecular formula is C19H21Cl2NO3. The van der Waals surface area contributed by atoms with E-state index in [4.69, 9.17) is 32.7 Å². The second kappa shape index (κ2) is 8.97. The average Bonchev–Trinajstić information content (AvgIpc) is 2.61. The molecule has 6 heteroatoms. The predicted molar refractivity (Wildman–Crippen MR) is 101 cm³/mol. The van der Waals surface area contributed by atoms with E-state index < -0.39 is 0 Å². The number of benzene rings is 2. The van der Waals surface area contributed by atoms with E-state index in [1.54, 1.807) is 26.4 Å². The van der Waals surface area contributed by atoms with E-state index in [9.17, 15) is 4.79 Å². The van der Waals surface area contributed by atoms with Gasteiger partial charge in [-0.25, -0.2) is 0 Å². The van der Waals surface area contributed by atoms with Crippen LogP contribution < -0.4 is 14.8 Å². The lowest BCUT2D eigenvalue weighted by Crippen LogP contribution is -2.26. The largest absolute Gasteiger partial charge is 0.493 e. The molecule has 0 fully saturated rings. The van der Waals surface area contributed by atoms with E-state index in [1.165, 1.54) is 0 Å². The maximum Gasteiger partial charge on any atom is 0.220 e. The number of ether oxygens (including phenoxy) is 2. The standard InChI is InChI=1S/C19H21Cl2NO3/c1-12(14-6-7-15(20)16(21)11-14)22-19(23)9-5-13-4-8-17(24-2)18(10-13)25-3/h4,6-8,10-12H,5,9H2,1-3H3,(H,22,23). The molecule has 1 amide bonds. The van der Waals surface area contributed by atoms with E-state index in [0.29, 0.717) is 34.4 Å². The van der Waals surface area contributed by atoms with Crippen LogP contribution in [0, 0.1) is 0 Å². The summed E-state index contributed by atoms with van der Waals surface area (Å²) in [6.45, 7) is 1.91. The summed E-state index contributed by atoms with van der Waals surface area (Å²) in [5, 5.41) is 3.94. The minimum absolute atomic E-state index is 0.0339. The van der Waals surface area contributed by atoms with E-state index in [2.05, 4.69) is 5.32 Å². The molecule has 0 saturated carbocycles. The van der Waals surface area contributed by atoms with Crippen LogP contribution in [0.3, 0.4) is 0 Å². The maximum absolute atomic E-state index is 12.2. The van der Waals surface area contributed by atoms with Crippen molar-refractivity contribution in [1.29, 1.82) is 0 Å². The van der Waals surface area contributed by atoms with Crippen molar-refractivity contribution in [2.24, 2.45) is 0 Å². The van der Waals surface area contributed by atoms with Crippen LogP contribution in [0.1, 0.15) is 30.5 Å². The molecule has 1 N–H and O–H groups in total. The summed E-state index contributed by atoms with van der Waals surface area (Å²) in [6, 6.07) is 10.9. The lowest BCUT2D eigenvalue weighted by molar-refractivity contribution is -0.121. The Morgan fingerprint density at radius 2 is 1.76 bits per heavy atom. The van der Waals surface area contributed by atoms with Gasteiger partial charge < -0.3 is 14.8 Å². The first-order chi connectivity index (χ1) is 11.9. The van der Waals surface area contributed by atoms with Gasteiger partial charge in [0.15, 0.2) is 11.5 Å². The molecule has 2 rings (SSSR count). The molecule has 2 aromatic rings. The lowest BCUT2D eigenvalue weighted by atomic mass is 10.1. The van der Waals surface area contributed by atoms with Crippen LogP contribution in [0.15, 0.2) is 36.4 Å². The van der Waals surface area contributed by atoms with Gasteiger partial charge in [0.2, 0.25) is 5.91 Å². The summed E-state index contributed by atoms with van der Waals surface area (Å²) < 4.78 is 10.5. The fourth-order valence-electron chi connectivity index (χ4n) is 2.47. The van der Waals surface area contributed by atoms with Crippen molar-refractivity contribution in [1.82, 2.24) is 5.32 Å². The SMILES string of the molecule is COc1ccc(CCC(=O)NC(C)c2ccc(Cl)c(Cl)c2)cc1OC. The summed E-state index contributed by atoms with van der Waals surface area (Å²) in [5.74, 6) is 1.29. The van der Waals surface area contributed by atoms with Gasteiger partial charge in [0.1, 0.15) is 0 Å². The molecule has 0 aliphatic rings. The molecule has 1 atom stereocenters. The molecular weight excluding hydrogens is 361 g/mol. The summed E-state index contributed by atoms with van der Waals surface area (Å²) in [5.41, 5.74) is 1.92. The van der Waals surface area contributed by atoms with E-state index in [1.807, 2.05) is 31.2 Å². The second-order valence-corrected chi connectivity index (χ2v) is 6.47. The summed E-state index contributed by atoms with van der Waals surface area (Å²) in [4.78, 5) is 12.2. The molecule has 0 bridgehead atoms. The predicted octanol–water partition coefficient (Wildman–Crippen LogP) is 4.82. The number of carbonyl (C=O) groups is 1. The van der Waals surface area contributed by atoms with E-state index in [0.717, 1.165) is 11.1 Å². The average molecular weight is 382 g/mol. The van der Waals surface area contributed by atoms with Crippen molar-refractivity contribution < 1.29 is 14.3 Å². The molecule has 25 heavy (non-hydrogen) atoms. The summed E-state index contributed by atoms with van der Waals surface area (Å²) in [7, 11) is 3.18. The zero-order chi connectivity index (χ0) is 18.4. The van der Waals surface area contributed by atoms with Gasteiger partial charge in [0, 0.05) is 6.42 Å². The molecule has 0 heterocycles. The number of rotatable bonds is 7. The Bertz CT molecular complexity index is 749. The van der Waals surface area contributed by atoms with Crippen LogP contribution >= 0.6 is 23.2 Å². The van der Waals surface area contributed by atoms with Gasteiger partial charge >= 0.3 is 0 Å². The number of nitrogens with one attached hydrogen (secondary N) is 1. The van der Waals surface area contributed by atoms with Gasteiger partial charge in [0.05, 0.1) is 30.3 Å². The van der Waals surface area contributed by atoms with Gasteiger partial charge in [-0.15, -0.1) is 0 Å². The number of aryl methyl sites for hydroxylation is 1. The third-order valence-electron chi connectivity index (χ3n) is 3.91. The lowest BCUT2D eigenvalue weighted by Gasteiger charge is -2.15.